The van der Waals surface area contributed by atoms with Crippen molar-refractivity contribution in [3.8, 4) is 0 Å². The van der Waals surface area contributed by atoms with Crippen LogP contribution in [0.4, 0.5) is 10.9 Å². The fourth-order valence-corrected chi connectivity index (χ4v) is 4.19. The quantitative estimate of drug-likeness (QED) is 0.454. The SMILES string of the molecule is Cc1csc(NC(=O)c2c(C)oc3ncnc(N(I)C4(C)CC4)c23)n1. The molecule has 1 fully saturated rings. The van der Waals surface area contributed by atoms with E-state index >= 15 is 0 Å². The summed E-state index contributed by atoms with van der Waals surface area (Å²) < 4.78 is 7.82. The van der Waals surface area contributed by atoms with E-state index in [2.05, 4.69) is 53.2 Å². The van der Waals surface area contributed by atoms with E-state index in [0.29, 0.717) is 33.4 Å². The third-order valence-electron chi connectivity index (χ3n) is 4.34. The van der Waals surface area contributed by atoms with Crippen molar-refractivity contribution < 1.29 is 9.21 Å². The first-order valence-corrected chi connectivity index (χ1v) is 9.67. The van der Waals surface area contributed by atoms with Gasteiger partial charge in [0, 0.05) is 10.9 Å². The minimum atomic E-state index is -0.257. The largest absolute Gasteiger partial charge is 0.442 e. The summed E-state index contributed by atoms with van der Waals surface area (Å²) in [5, 5.41) is 5.96. The van der Waals surface area contributed by atoms with Gasteiger partial charge in [-0.15, -0.1) is 11.3 Å². The summed E-state index contributed by atoms with van der Waals surface area (Å²) in [5.74, 6) is 0.976. The van der Waals surface area contributed by atoms with Crippen molar-refractivity contribution in [2.24, 2.45) is 0 Å². The number of thiazole rings is 1. The second-order valence-electron chi connectivity index (χ2n) is 6.44. The first-order chi connectivity index (χ1) is 11.9. The van der Waals surface area contributed by atoms with Crippen LogP contribution in [0.1, 0.15) is 41.6 Å². The zero-order valence-electron chi connectivity index (χ0n) is 14.0. The van der Waals surface area contributed by atoms with Crippen LogP contribution in [-0.2, 0) is 0 Å². The summed E-state index contributed by atoms with van der Waals surface area (Å²) in [5.41, 5.74) is 1.82. The van der Waals surface area contributed by atoms with E-state index in [1.165, 1.54) is 17.7 Å². The molecule has 1 saturated carbocycles. The van der Waals surface area contributed by atoms with Gasteiger partial charge in [0.2, 0.25) is 5.71 Å². The van der Waals surface area contributed by atoms with Crippen molar-refractivity contribution in [3.05, 3.63) is 28.7 Å². The maximum absolute atomic E-state index is 12.9. The van der Waals surface area contributed by atoms with E-state index < -0.39 is 0 Å². The van der Waals surface area contributed by atoms with Crippen LogP contribution in [0.3, 0.4) is 0 Å². The number of nitrogens with one attached hydrogen (secondary N) is 1. The van der Waals surface area contributed by atoms with Crippen LogP contribution < -0.4 is 8.43 Å². The monoisotopic (exact) mass is 469 g/mol. The van der Waals surface area contributed by atoms with Crippen LogP contribution in [0.25, 0.3) is 11.1 Å². The van der Waals surface area contributed by atoms with Crippen molar-refractivity contribution in [1.29, 1.82) is 0 Å². The van der Waals surface area contributed by atoms with E-state index in [9.17, 15) is 4.79 Å². The van der Waals surface area contributed by atoms with E-state index in [0.717, 1.165) is 18.5 Å². The lowest BCUT2D eigenvalue weighted by molar-refractivity contribution is 0.102. The van der Waals surface area contributed by atoms with Gasteiger partial charge in [0.15, 0.2) is 10.9 Å². The minimum Gasteiger partial charge on any atom is -0.442 e. The lowest BCUT2D eigenvalue weighted by Crippen LogP contribution is -2.26. The number of aryl methyl sites for hydroxylation is 2. The van der Waals surface area contributed by atoms with Crippen molar-refractivity contribution >= 4 is 62.2 Å². The van der Waals surface area contributed by atoms with Gasteiger partial charge < -0.3 is 4.42 Å². The topological polar surface area (TPSA) is 84.2 Å². The van der Waals surface area contributed by atoms with Crippen LogP contribution in [0.5, 0.6) is 0 Å². The Hall–Kier alpha value is -1.75. The number of carbonyl (C=O) groups excluding carboxylic acids is 1. The molecule has 0 atom stereocenters. The molecule has 7 nitrogen and oxygen atoms in total. The first-order valence-electron chi connectivity index (χ1n) is 7.83. The second-order valence-corrected chi connectivity index (χ2v) is 8.26. The molecule has 1 amide bonds. The van der Waals surface area contributed by atoms with Crippen LogP contribution in [-0.4, -0.2) is 26.4 Å². The molecule has 25 heavy (non-hydrogen) atoms. The zero-order valence-corrected chi connectivity index (χ0v) is 16.9. The van der Waals surface area contributed by atoms with Gasteiger partial charge in [-0.05, 0) is 33.6 Å². The number of anilines is 2. The third kappa shape index (κ3) is 2.88. The summed E-state index contributed by atoms with van der Waals surface area (Å²) in [7, 11) is 0. The molecule has 0 aliphatic heterocycles. The number of aromatic nitrogens is 3. The molecule has 0 saturated heterocycles. The van der Waals surface area contributed by atoms with Gasteiger partial charge in [0.05, 0.1) is 39.5 Å². The molecule has 1 aliphatic rings. The van der Waals surface area contributed by atoms with Gasteiger partial charge in [-0.1, -0.05) is 0 Å². The maximum Gasteiger partial charge on any atom is 0.261 e. The molecule has 0 bridgehead atoms. The van der Waals surface area contributed by atoms with Gasteiger partial charge in [0.1, 0.15) is 12.1 Å². The number of halogens is 1. The number of amides is 1. The van der Waals surface area contributed by atoms with Gasteiger partial charge in [-0.2, -0.15) is 0 Å². The number of hydrogen-bond donors (Lipinski definition) is 1. The Bertz CT molecular complexity index is 978. The lowest BCUT2D eigenvalue weighted by atomic mass is 10.1. The van der Waals surface area contributed by atoms with Crippen molar-refractivity contribution in [1.82, 2.24) is 15.0 Å². The highest BCUT2D eigenvalue weighted by molar-refractivity contribution is 14.1. The zero-order chi connectivity index (χ0) is 17.8. The molecule has 9 heteroatoms. The Balaban J connectivity index is 1.80. The van der Waals surface area contributed by atoms with E-state index in [-0.39, 0.29) is 11.4 Å². The van der Waals surface area contributed by atoms with Crippen LogP contribution in [0, 0.1) is 13.8 Å². The summed E-state index contributed by atoms with van der Waals surface area (Å²) in [6, 6.07) is 0. The smallest absolute Gasteiger partial charge is 0.261 e. The van der Waals surface area contributed by atoms with E-state index in [1.807, 2.05) is 12.3 Å². The van der Waals surface area contributed by atoms with Crippen molar-refractivity contribution in [2.75, 3.05) is 8.43 Å². The Labute approximate surface area is 162 Å². The lowest BCUT2D eigenvalue weighted by Gasteiger charge is -2.23. The van der Waals surface area contributed by atoms with Gasteiger partial charge in [-0.25, -0.2) is 15.0 Å². The van der Waals surface area contributed by atoms with Crippen molar-refractivity contribution in [3.63, 3.8) is 0 Å². The molecule has 0 radical (unpaired) electrons. The Kier molecular flexibility index (Phi) is 3.95. The van der Waals surface area contributed by atoms with Gasteiger partial charge in [0.25, 0.3) is 5.91 Å². The molecule has 4 rings (SSSR count). The Morgan fingerprint density at radius 2 is 2.16 bits per heavy atom. The van der Waals surface area contributed by atoms with E-state index in [1.54, 1.807) is 6.92 Å². The molecular weight excluding hydrogens is 453 g/mol. The highest BCUT2D eigenvalue weighted by atomic mass is 127. The highest BCUT2D eigenvalue weighted by Crippen LogP contribution is 2.47. The molecular formula is C16H16IN5O2S. The van der Waals surface area contributed by atoms with Crippen LogP contribution >= 0.6 is 34.2 Å². The average molecular weight is 469 g/mol. The summed E-state index contributed by atoms with van der Waals surface area (Å²) in [6.45, 7) is 5.84. The fourth-order valence-electron chi connectivity index (χ4n) is 2.66. The molecule has 3 aromatic heterocycles. The average Bonchev–Trinajstić information content (AvgIpc) is 3.03. The number of nitrogens with zero attached hydrogens (tertiary/aromatic N) is 4. The molecule has 0 unspecified atom stereocenters. The maximum atomic E-state index is 12.9. The highest BCUT2D eigenvalue weighted by Gasteiger charge is 2.44. The van der Waals surface area contributed by atoms with E-state index in [4.69, 9.17) is 4.42 Å². The number of carbonyl (C=O) groups is 1. The number of furan rings is 1. The molecule has 3 heterocycles. The first kappa shape index (κ1) is 16.7. The Morgan fingerprint density at radius 3 is 2.80 bits per heavy atom. The fraction of sp³-hybridized carbons (Fsp3) is 0.375. The van der Waals surface area contributed by atoms with Gasteiger partial charge in [-0.3, -0.25) is 13.2 Å². The summed E-state index contributed by atoms with van der Waals surface area (Å²) in [6.07, 6.45) is 3.67. The number of rotatable bonds is 4. The van der Waals surface area contributed by atoms with Gasteiger partial charge >= 0.3 is 0 Å². The predicted molar refractivity (Wildman–Crippen MR) is 105 cm³/mol. The molecule has 0 spiro atoms. The minimum absolute atomic E-state index is 0.0627. The molecule has 3 aromatic rings. The normalized spacial score (nSPS) is 15.4. The molecule has 130 valence electrons. The summed E-state index contributed by atoms with van der Waals surface area (Å²) >= 11 is 3.65. The van der Waals surface area contributed by atoms with Crippen LogP contribution in [0.15, 0.2) is 16.1 Å². The molecule has 0 aromatic carbocycles. The summed E-state index contributed by atoms with van der Waals surface area (Å²) in [4.78, 5) is 25.8. The van der Waals surface area contributed by atoms with Crippen LogP contribution in [0.2, 0.25) is 0 Å². The predicted octanol–water partition coefficient (Wildman–Crippen LogP) is 4.26. The number of hydrogen-bond acceptors (Lipinski definition) is 7. The Morgan fingerprint density at radius 1 is 1.40 bits per heavy atom. The standard InChI is InChI=1S/C16H16IN5O2S/c1-8-6-25-15(20-8)21-13(23)10-9(2)24-14-11(10)12(18-7-19-14)22(17)16(3)4-5-16/h6-7H,4-5H2,1-3H3,(H,20,21,23). The third-order valence-corrected chi connectivity index (χ3v) is 6.84. The second kappa shape index (κ2) is 5.90. The molecule has 1 aliphatic carbocycles. The van der Waals surface area contributed by atoms with Crippen molar-refractivity contribution in [2.45, 2.75) is 39.2 Å². The molecule has 1 N–H and O–H groups in total. The number of fused-ring (bicyclic) bond motifs is 1.